The molecule has 1 aromatic carbocycles. The molecule has 21 heavy (non-hydrogen) atoms. The summed E-state index contributed by atoms with van der Waals surface area (Å²) in [4.78, 5) is 30.2. The van der Waals surface area contributed by atoms with E-state index in [9.17, 15) is 14.7 Å². The number of thiazole rings is 1. The van der Waals surface area contributed by atoms with Gasteiger partial charge in [-0.1, -0.05) is 18.2 Å². The molecule has 0 bridgehead atoms. The normalized spacial score (nSPS) is 16.6. The molecule has 0 aliphatic carbocycles. The first kappa shape index (κ1) is 13.6. The lowest BCUT2D eigenvalue weighted by Crippen LogP contribution is -2.45. The van der Waals surface area contributed by atoms with E-state index in [4.69, 9.17) is 0 Å². The molecule has 6 nitrogen and oxygen atoms in total. The Morgan fingerprint density at radius 2 is 2.19 bits per heavy atom. The molecule has 1 aromatic heterocycles. The van der Waals surface area contributed by atoms with Gasteiger partial charge in [-0.15, -0.1) is 11.3 Å². The minimum Gasteiger partial charge on any atom is -0.480 e. The van der Waals surface area contributed by atoms with E-state index in [2.05, 4.69) is 10.3 Å². The average Bonchev–Trinajstić information content (AvgIpc) is 3.02. The molecule has 1 aliphatic rings. The Bertz CT molecular complexity index is 713. The minimum atomic E-state index is -1.02. The van der Waals surface area contributed by atoms with Crippen LogP contribution in [0.25, 0.3) is 0 Å². The summed E-state index contributed by atoms with van der Waals surface area (Å²) in [5.41, 5.74) is 1.49. The highest BCUT2D eigenvalue weighted by Gasteiger charge is 2.38. The highest BCUT2D eigenvalue weighted by Crippen LogP contribution is 2.33. The number of aliphatic carboxylic acids is 1. The van der Waals surface area contributed by atoms with Crippen molar-refractivity contribution in [1.29, 1.82) is 0 Å². The Hall–Kier alpha value is -2.41. The van der Waals surface area contributed by atoms with Gasteiger partial charge in [-0.05, 0) is 18.6 Å². The quantitative estimate of drug-likeness (QED) is 0.893. The standard InChI is InChI=1S/C14H13N3O3S/c1-8-7-15-13(21-8)16-14(20)17-10-5-3-2-4-9(10)6-11(17)12(18)19/h2-5,7,11H,6H2,1H3,(H,18,19)(H,15,16,20)/t11-/m0/s1. The molecule has 0 radical (unpaired) electrons. The number of benzene rings is 1. The Morgan fingerprint density at radius 1 is 1.43 bits per heavy atom. The molecule has 1 atom stereocenters. The molecule has 2 N–H and O–H groups in total. The van der Waals surface area contributed by atoms with Crippen molar-refractivity contribution in [2.75, 3.05) is 10.2 Å². The number of rotatable bonds is 2. The minimum absolute atomic E-state index is 0.315. The van der Waals surface area contributed by atoms with Gasteiger partial charge in [-0.2, -0.15) is 0 Å². The first-order chi connectivity index (χ1) is 10.1. The fraction of sp³-hybridized carbons (Fsp3) is 0.214. The van der Waals surface area contributed by atoms with E-state index in [1.54, 1.807) is 18.3 Å². The Labute approximate surface area is 125 Å². The predicted octanol–water partition coefficient (Wildman–Crippen LogP) is 2.50. The number of amides is 2. The summed E-state index contributed by atoms with van der Waals surface area (Å²) >= 11 is 1.35. The largest absolute Gasteiger partial charge is 0.480 e. The number of para-hydroxylation sites is 1. The third-order valence-corrected chi connectivity index (χ3v) is 4.14. The molecule has 0 spiro atoms. The van der Waals surface area contributed by atoms with Gasteiger partial charge in [0.15, 0.2) is 5.13 Å². The van der Waals surface area contributed by atoms with Crippen LogP contribution in [0.15, 0.2) is 30.5 Å². The Morgan fingerprint density at radius 3 is 2.86 bits per heavy atom. The molecule has 2 aromatic rings. The van der Waals surface area contributed by atoms with Gasteiger partial charge in [0.25, 0.3) is 0 Å². The van der Waals surface area contributed by atoms with Crippen LogP contribution in [0.1, 0.15) is 10.4 Å². The van der Waals surface area contributed by atoms with Gasteiger partial charge >= 0.3 is 12.0 Å². The maximum atomic E-state index is 12.4. The first-order valence-corrected chi connectivity index (χ1v) is 7.21. The monoisotopic (exact) mass is 303 g/mol. The van der Waals surface area contributed by atoms with Gasteiger partial charge in [0.2, 0.25) is 0 Å². The SMILES string of the molecule is Cc1cnc(NC(=O)N2c3ccccc3C[C@H]2C(=O)O)s1. The number of aryl methyl sites for hydroxylation is 1. The number of fused-ring (bicyclic) bond motifs is 1. The maximum absolute atomic E-state index is 12.4. The van der Waals surface area contributed by atoms with Crippen LogP contribution in [0, 0.1) is 6.92 Å². The lowest BCUT2D eigenvalue weighted by Gasteiger charge is -2.22. The van der Waals surface area contributed by atoms with E-state index < -0.39 is 18.0 Å². The molecule has 0 saturated carbocycles. The van der Waals surface area contributed by atoms with Gasteiger partial charge in [0.05, 0.1) is 0 Å². The number of hydrogen-bond donors (Lipinski definition) is 2. The summed E-state index contributed by atoms with van der Waals surface area (Å²) in [6, 6.07) is 5.86. The third kappa shape index (κ3) is 2.47. The molecule has 7 heteroatoms. The van der Waals surface area contributed by atoms with E-state index in [0.717, 1.165) is 10.4 Å². The molecular formula is C14H13N3O3S. The number of nitrogens with zero attached hydrogens (tertiary/aromatic N) is 2. The van der Waals surface area contributed by atoms with E-state index in [1.807, 2.05) is 19.1 Å². The maximum Gasteiger partial charge on any atom is 0.328 e. The predicted molar refractivity (Wildman–Crippen MR) is 79.9 cm³/mol. The third-order valence-electron chi connectivity index (χ3n) is 3.32. The molecule has 2 heterocycles. The average molecular weight is 303 g/mol. The second kappa shape index (κ2) is 5.17. The molecule has 108 valence electrons. The van der Waals surface area contributed by atoms with Gasteiger partial charge < -0.3 is 5.11 Å². The topological polar surface area (TPSA) is 82.5 Å². The fourth-order valence-corrected chi connectivity index (χ4v) is 3.05. The number of carbonyl (C=O) groups excluding carboxylic acids is 1. The molecule has 3 rings (SSSR count). The van der Waals surface area contributed by atoms with Gasteiger partial charge in [-0.25, -0.2) is 14.6 Å². The summed E-state index contributed by atoms with van der Waals surface area (Å²) in [5, 5.41) is 12.5. The number of urea groups is 1. The molecule has 0 fully saturated rings. The van der Waals surface area contributed by atoms with E-state index in [1.165, 1.54) is 16.2 Å². The van der Waals surface area contributed by atoms with Crippen LogP contribution in [0.4, 0.5) is 15.6 Å². The van der Waals surface area contributed by atoms with E-state index in [0.29, 0.717) is 17.2 Å². The van der Waals surface area contributed by atoms with Gasteiger partial charge in [0.1, 0.15) is 6.04 Å². The Balaban J connectivity index is 1.90. The zero-order valence-corrected chi connectivity index (χ0v) is 12.1. The summed E-state index contributed by atoms with van der Waals surface area (Å²) in [7, 11) is 0. The second-order valence-corrected chi connectivity index (χ2v) is 6.00. The zero-order valence-electron chi connectivity index (χ0n) is 11.2. The van der Waals surface area contributed by atoms with Crippen molar-refractivity contribution >= 4 is 34.2 Å². The first-order valence-electron chi connectivity index (χ1n) is 6.39. The summed E-state index contributed by atoms with van der Waals surface area (Å²) < 4.78 is 0. The van der Waals surface area contributed by atoms with Crippen LogP contribution in [-0.4, -0.2) is 28.1 Å². The molecule has 1 aliphatic heterocycles. The number of hydrogen-bond acceptors (Lipinski definition) is 4. The summed E-state index contributed by atoms with van der Waals surface area (Å²) in [5.74, 6) is -1.02. The van der Waals surface area contributed by atoms with E-state index in [-0.39, 0.29) is 0 Å². The number of anilines is 2. The fourth-order valence-electron chi connectivity index (χ4n) is 2.40. The summed E-state index contributed by atoms with van der Waals surface area (Å²) in [6.45, 7) is 1.89. The van der Waals surface area contributed by atoms with Crippen molar-refractivity contribution < 1.29 is 14.7 Å². The van der Waals surface area contributed by atoms with Crippen molar-refractivity contribution in [1.82, 2.24) is 4.98 Å². The van der Waals surface area contributed by atoms with Crippen LogP contribution in [-0.2, 0) is 11.2 Å². The van der Waals surface area contributed by atoms with Crippen molar-refractivity contribution in [3.8, 4) is 0 Å². The number of carboxylic acids is 1. The smallest absolute Gasteiger partial charge is 0.328 e. The lowest BCUT2D eigenvalue weighted by atomic mass is 10.1. The zero-order chi connectivity index (χ0) is 15.0. The lowest BCUT2D eigenvalue weighted by molar-refractivity contribution is -0.138. The van der Waals surface area contributed by atoms with Crippen LogP contribution in [0.2, 0.25) is 0 Å². The van der Waals surface area contributed by atoms with Crippen molar-refractivity contribution in [2.24, 2.45) is 0 Å². The van der Waals surface area contributed by atoms with Crippen molar-refractivity contribution in [2.45, 2.75) is 19.4 Å². The molecule has 2 amide bonds. The number of carboxylic acid groups (broad SMARTS) is 1. The van der Waals surface area contributed by atoms with Crippen LogP contribution in [0.5, 0.6) is 0 Å². The molecule has 0 unspecified atom stereocenters. The molecule has 0 saturated heterocycles. The molecular weight excluding hydrogens is 290 g/mol. The van der Waals surface area contributed by atoms with Crippen LogP contribution in [0.3, 0.4) is 0 Å². The van der Waals surface area contributed by atoms with Gasteiger partial charge in [-0.3, -0.25) is 10.2 Å². The van der Waals surface area contributed by atoms with E-state index >= 15 is 0 Å². The highest BCUT2D eigenvalue weighted by atomic mass is 32.1. The van der Waals surface area contributed by atoms with Gasteiger partial charge in [0, 0.05) is 23.2 Å². The van der Waals surface area contributed by atoms with Crippen LogP contribution >= 0.6 is 11.3 Å². The number of aromatic nitrogens is 1. The van der Waals surface area contributed by atoms with Crippen molar-refractivity contribution in [3.05, 3.63) is 40.9 Å². The number of nitrogens with one attached hydrogen (secondary N) is 1. The van der Waals surface area contributed by atoms with Crippen LogP contribution < -0.4 is 10.2 Å². The highest BCUT2D eigenvalue weighted by molar-refractivity contribution is 7.15. The number of carbonyl (C=O) groups is 2. The summed E-state index contributed by atoms with van der Waals surface area (Å²) in [6.07, 6.45) is 1.97. The Kier molecular flexibility index (Phi) is 3.34. The second-order valence-electron chi connectivity index (χ2n) is 4.76. The van der Waals surface area contributed by atoms with Crippen molar-refractivity contribution in [3.63, 3.8) is 0 Å².